The lowest BCUT2D eigenvalue weighted by molar-refractivity contribution is -0.140. The summed E-state index contributed by atoms with van der Waals surface area (Å²) in [4.78, 5) is 21.3. The number of hydrogen-bond acceptors (Lipinski definition) is 4. The molecule has 0 bridgehead atoms. The van der Waals surface area contributed by atoms with Crippen molar-refractivity contribution in [2.24, 2.45) is 0 Å². The fourth-order valence-electron chi connectivity index (χ4n) is 1.49. The molecule has 0 aromatic heterocycles. The maximum absolute atomic E-state index is 10.9. The summed E-state index contributed by atoms with van der Waals surface area (Å²) < 4.78 is 0. The fraction of sp³-hybridized carbons (Fsp3) is 0.333. The predicted octanol–water partition coefficient (Wildman–Crippen LogP) is 0.800. The van der Waals surface area contributed by atoms with Gasteiger partial charge in [0.05, 0.1) is 0 Å². The number of carboxylic acids is 2. The number of phenols is 1. The SMILES string of the molecule is O=C(O)CCC(NCc1cccc(O)c1)C(=O)O. The van der Waals surface area contributed by atoms with Crippen molar-refractivity contribution in [1.82, 2.24) is 5.32 Å². The van der Waals surface area contributed by atoms with Crippen LogP contribution in [-0.2, 0) is 16.1 Å². The van der Waals surface area contributed by atoms with E-state index in [0.29, 0.717) is 0 Å². The molecule has 0 radical (unpaired) electrons. The van der Waals surface area contributed by atoms with E-state index in [0.717, 1.165) is 5.56 Å². The van der Waals surface area contributed by atoms with Gasteiger partial charge in [0, 0.05) is 13.0 Å². The molecule has 0 spiro atoms. The highest BCUT2D eigenvalue weighted by molar-refractivity contribution is 5.75. The third kappa shape index (κ3) is 4.84. The molecule has 0 aliphatic heterocycles. The molecule has 6 heteroatoms. The lowest BCUT2D eigenvalue weighted by Crippen LogP contribution is -2.36. The number of carboxylic acid groups (broad SMARTS) is 2. The Hall–Kier alpha value is -2.08. The number of aromatic hydroxyl groups is 1. The van der Waals surface area contributed by atoms with Gasteiger partial charge in [-0.25, -0.2) is 0 Å². The van der Waals surface area contributed by atoms with Gasteiger partial charge in [-0.05, 0) is 24.1 Å². The second kappa shape index (κ2) is 6.61. The minimum atomic E-state index is -1.09. The zero-order chi connectivity index (χ0) is 13.5. The average molecular weight is 253 g/mol. The number of aliphatic carboxylic acids is 2. The summed E-state index contributed by atoms with van der Waals surface area (Å²) in [6, 6.07) is 5.51. The van der Waals surface area contributed by atoms with E-state index >= 15 is 0 Å². The number of phenolic OH excluding ortho intramolecular Hbond substituents is 1. The Morgan fingerprint density at radius 2 is 2.00 bits per heavy atom. The molecule has 4 N–H and O–H groups in total. The molecule has 0 amide bonds. The Morgan fingerprint density at radius 3 is 2.56 bits per heavy atom. The predicted molar refractivity (Wildman–Crippen MR) is 63.2 cm³/mol. The van der Waals surface area contributed by atoms with Gasteiger partial charge in [-0.2, -0.15) is 0 Å². The van der Waals surface area contributed by atoms with Crippen LogP contribution in [-0.4, -0.2) is 33.3 Å². The second-order valence-corrected chi connectivity index (χ2v) is 3.87. The smallest absolute Gasteiger partial charge is 0.320 e. The molecule has 1 aromatic rings. The van der Waals surface area contributed by atoms with Crippen molar-refractivity contribution in [2.45, 2.75) is 25.4 Å². The highest BCUT2D eigenvalue weighted by atomic mass is 16.4. The maximum Gasteiger partial charge on any atom is 0.320 e. The van der Waals surface area contributed by atoms with Crippen molar-refractivity contribution < 1.29 is 24.9 Å². The van der Waals surface area contributed by atoms with Crippen LogP contribution < -0.4 is 5.32 Å². The summed E-state index contributed by atoms with van der Waals surface area (Å²) in [5.74, 6) is -2.01. The Balaban J connectivity index is 2.51. The van der Waals surface area contributed by atoms with Gasteiger partial charge in [0.2, 0.25) is 0 Å². The van der Waals surface area contributed by atoms with Crippen molar-refractivity contribution in [1.29, 1.82) is 0 Å². The molecule has 98 valence electrons. The lowest BCUT2D eigenvalue weighted by Gasteiger charge is -2.13. The standard InChI is InChI=1S/C12H15NO5/c14-9-3-1-2-8(6-9)7-13-10(12(17)18)4-5-11(15)16/h1-3,6,10,13-14H,4-5,7H2,(H,15,16)(H,17,18). The summed E-state index contributed by atoms with van der Waals surface area (Å²) in [6.45, 7) is 0.255. The van der Waals surface area contributed by atoms with E-state index in [1.54, 1.807) is 12.1 Å². The van der Waals surface area contributed by atoms with Crippen LogP contribution in [0.15, 0.2) is 24.3 Å². The number of nitrogens with one attached hydrogen (secondary N) is 1. The Kier molecular flexibility index (Phi) is 5.13. The van der Waals surface area contributed by atoms with Crippen molar-refractivity contribution in [3.63, 3.8) is 0 Å². The van der Waals surface area contributed by atoms with Gasteiger partial charge in [-0.3, -0.25) is 9.59 Å². The van der Waals surface area contributed by atoms with Gasteiger partial charge in [0.1, 0.15) is 11.8 Å². The first kappa shape index (κ1) is 14.0. The first-order chi connectivity index (χ1) is 8.49. The molecule has 1 unspecified atom stereocenters. The molecule has 0 aliphatic rings. The molecule has 6 nitrogen and oxygen atoms in total. The van der Waals surface area contributed by atoms with E-state index in [4.69, 9.17) is 10.2 Å². The zero-order valence-corrected chi connectivity index (χ0v) is 9.67. The molecular weight excluding hydrogens is 238 g/mol. The summed E-state index contributed by atoms with van der Waals surface area (Å²) in [5.41, 5.74) is 0.733. The number of rotatable bonds is 7. The van der Waals surface area contributed by atoms with E-state index in [2.05, 4.69) is 5.32 Å². The fourth-order valence-corrected chi connectivity index (χ4v) is 1.49. The highest BCUT2D eigenvalue weighted by Crippen LogP contribution is 2.11. The third-order valence-corrected chi connectivity index (χ3v) is 2.41. The molecule has 1 rings (SSSR count). The summed E-state index contributed by atoms with van der Waals surface area (Å²) in [6.07, 6.45) is -0.187. The van der Waals surface area contributed by atoms with Crippen molar-refractivity contribution in [3.8, 4) is 5.75 Å². The Labute approximate surface area is 104 Å². The number of hydrogen-bond donors (Lipinski definition) is 4. The highest BCUT2D eigenvalue weighted by Gasteiger charge is 2.17. The molecule has 1 atom stereocenters. The quantitative estimate of drug-likeness (QED) is 0.572. The summed E-state index contributed by atoms with van der Waals surface area (Å²) in [5, 5.41) is 29.4. The van der Waals surface area contributed by atoms with Crippen LogP contribution in [0, 0.1) is 0 Å². The van der Waals surface area contributed by atoms with Gasteiger partial charge in [-0.15, -0.1) is 0 Å². The molecule has 0 aliphatic carbocycles. The van der Waals surface area contributed by atoms with E-state index in [1.807, 2.05) is 0 Å². The first-order valence-electron chi connectivity index (χ1n) is 5.45. The molecule has 0 saturated heterocycles. The van der Waals surface area contributed by atoms with Crippen LogP contribution in [0.3, 0.4) is 0 Å². The normalized spacial score (nSPS) is 12.0. The van der Waals surface area contributed by atoms with Crippen LogP contribution in [0.25, 0.3) is 0 Å². The van der Waals surface area contributed by atoms with E-state index in [9.17, 15) is 14.7 Å². The van der Waals surface area contributed by atoms with E-state index in [1.165, 1.54) is 12.1 Å². The van der Waals surface area contributed by atoms with Gasteiger partial charge >= 0.3 is 11.9 Å². The Bertz CT molecular complexity index is 432. The van der Waals surface area contributed by atoms with Gasteiger partial charge < -0.3 is 20.6 Å². The largest absolute Gasteiger partial charge is 0.508 e. The van der Waals surface area contributed by atoms with Crippen molar-refractivity contribution >= 4 is 11.9 Å². The molecule has 1 aromatic carbocycles. The molecule has 18 heavy (non-hydrogen) atoms. The second-order valence-electron chi connectivity index (χ2n) is 3.87. The number of carbonyl (C=O) groups is 2. The summed E-state index contributed by atoms with van der Waals surface area (Å²) >= 11 is 0. The van der Waals surface area contributed by atoms with Crippen LogP contribution >= 0.6 is 0 Å². The average Bonchev–Trinajstić information content (AvgIpc) is 2.28. The van der Waals surface area contributed by atoms with E-state index < -0.39 is 18.0 Å². The molecular formula is C12H15NO5. The Morgan fingerprint density at radius 1 is 1.28 bits per heavy atom. The first-order valence-corrected chi connectivity index (χ1v) is 5.45. The van der Waals surface area contributed by atoms with Crippen LogP contribution in [0.4, 0.5) is 0 Å². The monoisotopic (exact) mass is 253 g/mol. The third-order valence-electron chi connectivity index (χ3n) is 2.41. The minimum Gasteiger partial charge on any atom is -0.508 e. The van der Waals surface area contributed by atoms with Gasteiger partial charge in [0.15, 0.2) is 0 Å². The van der Waals surface area contributed by atoms with Gasteiger partial charge in [-0.1, -0.05) is 12.1 Å². The van der Waals surface area contributed by atoms with Crippen molar-refractivity contribution in [3.05, 3.63) is 29.8 Å². The van der Waals surface area contributed by atoms with Crippen LogP contribution in [0.1, 0.15) is 18.4 Å². The lowest BCUT2D eigenvalue weighted by atomic mass is 10.1. The number of benzene rings is 1. The molecule has 0 heterocycles. The topological polar surface area (TPSA) is 107 Å². The molecule has 0 fully saturated rings. The van der Waals surface area contributed by atoms with E-state index in [-0.39, 0.29) is 25.1 Å². The maximum atomic E-state index is 10.9. The van der Waals surface area contributed by atoms with Crippen LogP contribution in [0.5, 0.6) is 5.75 Å². The van der Waals surface area contributed by atoms with Crippen LogP contribution in [0.2, 0.25) is 0 Å². The van der Waals surface area contributed by atoms with Gasteiger partial charge in [0.25, 0.3) is 0 Å². The van der Waals surface area contributed by atoms with Crippen molar-refractivity contribution in [2.75, 3.05) is 0 Å². The molecule has 0 saturated carbocycles. The summed E-state index contributed by atoms with van der Waals surface area (Å²) in [7, 11) is 0. The minimum absolute atomic E-state index is 0.0173. The zero-order valence-electron chi connectivity index (χ0n) is 9.67.